The fourth-order valence-electron chi connectivity index (χ4n) is 3.74. The molecule has 6 heteroatoms. The molecule has 2 atom stereocenters. The van der Waals surface area contributed by atoms with Crippen LogP contribution >= 0.6 is 0 Å². The van der Waals surface area contributed by atoms with Crippen molar-refractivity contribution in [3.8, 4) is 11.5 Å². The van der Waals surface area contributed by atoms with E-state index in [2.05, 4.69) is 0 Å². The van der Waals surface area contributed by atoms with E-state index in [0.717, 1.165) is 12.8 Å². The summed E-state index contributed by atoms with van der Waals surface area (Å²) in [5.41, 5.74) is 1.30. The lowest BCUT2D eigenvalue weighted by atomic mass is 10.0. The molecule has 0 aromatic heterocycles. The van der Waals surface area contributed by atoms with E-state index in [0.29, 0.717) is 40.7 Å². The highest BCUT2D eigenvalue weighted by molar-refractivity contribution is 5.93. The Labute approximate surface area is 141 Å². The number of rotatable bonds is 5. The molecule has 0 bridgehead atoms. The first-order valence-electron chi connectivity index (χ1n) is 8.37. The van der Waals surface area contributed by atoms with Gasteiger partial charge in [0.25, 0.3) is 0 Å². The predicted octanol–water partition coefficient (Wildman–Crippen LogP) is 2.00. The molecule has 24 heavy (non-hydrogen) atoms. The Bertz CT molecular complexity index is 620. The Morgan fingerprint density at radius 3 is 2.58 bits per heavy atom. The van der Waals surface area contributed by atoms with Gasteiger partial charge in [0.05, 0.1) is 32.5 Å². The summed E-state index contributed by atoms with van der Waals surface area (Å²) in [6.45, 7) is 0.550. The number of aliphatic hydroxyl groups is 2. The quantitative estimate of drug-likeness (QED) is 0.800. The minimum Gasteiger partial charge on any atom is -0.492 e. The van der Waals surface area contributed by atoms with E-state index in [4.69, 9.17) is 14.2 Å². The van der Waals surface area contributed by atoms with E-state index in [1.54, 1.807) is 6.07 Å². The van der Waals surface area contributed by atoms with E-state index < -0.39 is 18.2 Å². The second-order valence-corrected chi connectivity index (χ2v) is 6.52. The second-order valence-electron chi connectivity index (χ2n) is 6.52. The van der Waals surface area contributed by atoms with Crippen molar-refractivity contribution in [3.63, 3.8) is 0 Å². The summed E-state index contributed by atoms with van der Waals surface area (Å²) in [6.07, 6.45) is 2.81. The SMILES string of the molecule is COC(=O)c1cc(OCC2CCCC2)c(OC)c2c1CC(O)C2O. The fourth-order valence-corrected chi connectivity index (χ4v) is 3.74. The van der Waals surface area contributed by atoms with Gasteiger partial charge in [0.15, 0.2) is 11.5 Å². The minimum absolute atomic E-state index is 0.181. The standard InChI is InChI=1S/C18H24O6/c1-22-17-14(24-9-10-5-3-4-6-10)8-12(18(21)23-2)11-7-13(19)16(20)15(11)17/h8,10,13,16,19-20H,3-7,9H2,1-2H3. The van der Waals surface area contributed by atoms with Crippen LogP contribution < -0.4 is 9.47 Å². The van der Waals surface area contributed by atoms with Gasteiger partial charge in [0.2, 0.25) is 0 Å². The number of ether oxygens (including phenoxy) is 3. The zero-order valence-electron chi connectivity index (χ0n) is 14.1. The van der Waals surface area contributed by atoms with Crippen molar-refractivity contribution >= 4 is 5.97 Å². The Morgan fingerprint density at radius 1 is 1.25 bits per heavy atom. The molecule has 132 valence electrons. The third-order valence-corrected chi connectivity index (χ3v) is 5.03. The first-order valence-corrected chi connectivity index (χ1v) is 8.37. The van der Waals surface area contributed by atoms with Crippen molar-refractivity contribution in [2.75, 3.05) is 20.8 Å². The van der Waals surface area contributed by atoms with Crippen LogP contribution in [-0.2, 0) is 11.2 Å². The van der Waals surface area contributed by atoms with Crippen LogP contribution in [0.5, 0.6) is 11.5 Å². The summed E-state index contributed by atoms with van der Waals surface area (Å²) in [7, 11) is 2.80. The van der Waals surface area contributed by atoms with Crippen molar-refractivity contribution in [2.45, 2.75) is 44.3 Å². The Balaban J connectivity index is 1.99. The van der Waals surface area contributed by atoms with Crippen LogP contribution in [0, 0.1) is 5.92 Å². The third-order valence-electron chi connectivity index (χ3n) is 5.03. The molecule has 2 aliphatic carbocycles. The van der Waals surface area contributed by atoms with Gasteiger partial charge in [-0.15, -0.1) is 0 Å². The Kier molecular flexibility index (Phi) is 4.96. The topological polar surface area (TPSA) is 85.2 Å². The summed E-state index contributed by atoms with van der Waals surface area (Å²) >= 11 is 0. The highest BCUT2D eigenvalue weighted by atomic mass is 16.5. The zero-order chi connectivity index (χ0) is 17.3. The summed E-state index contributed by atoms with van der Waals surface area (Å²) < 4.78 is 16.2. The number of aliphatic hydroxyl groups excluding tert-OH is 2. The third kappa shape index (κ3) is 2.96. The molecule has 0 aliphatic heterocycles. The molecular weight excluding hydrogens is 312 g/mol. The highest BCUT2D eigenvalue weighted by Gasteiger charge is 2.38. The molecular formula is C18H24O6. The number of hydrogen-bond acceptors (Lipinski definition) is 6. The average molecular weight is 336 g/mol. The summed E-state index contributed by atoms with van der Waals surface area (Å²) in [6, 6.07) is 1.60. The molecule has 1 aromatic carbocycles. The van der Waals surface area contributed by atoms with E-state index in [1.165, 1.54) is 27.1 Å². The number of hydrogen-bond donors (Lipinski definition) is 2. The Morgan fingerprint density at radius 2 is 1.96 bits per heavy atom. The molecule has 1 aromatic rings. The van der Waals surface area contributed by atoms with Crippen LogP contribution in [0.3, 0.4) is 0 Å². The fraction of sp³-hybridized carbons (Fsp3) is 0.611. The van der Waals surface area contributed by atoms with Gasteiger partial charge >= 0.3 is 5.97 Å². The van der Waals surface area contributed by atoms with Gasteiger partial charge in [-0.05, 0) is 30.4 Å². The maximum absolute atomic E-state index is 12.1. The van der Waals surface area contributed by atoms with Crippen LogP contribution in [0.2, 0.25) is 0 Å². The predicted molar refractivity (Wildman–Crippen MR) is 86.5 cm³/mol. The van der Waals surface area contributed by atoms with Crippen molar-refractivity contribution < 1.29 is 29.2 Å². The molecule has 0 amide bonds. The number of carbonyl (C=O) groups excluding carboxylic acids is 1. The lowest BCUT2D eigenvalue weighted by Crippen LogP contribution is -2.13. The van der Waals surface area contributed by atoms with Crippen LogP contribution in [0.1, 0.15) is 53.3 Å². The van der Waals surface area contributed by atoms with Crippen LogP contribution in [-0.4, -0.2) is 43.1 Å². The van der Waals surface area contributed by atoms with Gasteiger partial charge < -0.3 is 24.4 Å². The molecule has 0 saturated heterocycles. The molecule has 2 N–H and O–H groups in total. The molecule has 1 fully saturated rings. The van der Waals surface area contributed by atoms with Gasteiger partial charge in [-0.3, -0.25) is 0 Å². The molecule has 3 rings (SSSR count). The van der Waals surface area contributed by atoms with Crippen molar-refractivity contribution in [1.29, 1.82) is 0 Å². The number of benzene rings is 1. The molecule has 0 heterocycles. The van der Waals surface area contributed by atoms with E-state index in [1.807, 2.05) is 0 Å². The minimum atomic E-state index is -1.10. The van der Waals surface area contributed by atoms with Crippen LogP contribution in [0.4, 0.5) is 0 Å². The average Bonchev–Trinajstić information content (AvgIpc) is 3.20. The van der Waals surface area contributed by atoms with E-state index in [-0.39, 0.29) is 6.42 Å². The van der Waals surface area contributed by atoms with E-state index in [9.17, 15) is 15.0 Å². The molecule has 1 saturated carbocycles. The van der Waals surface area contributed by atoms with Crippen molar-refractivity contribution in [1.82, 2.24) is 0 Å². The Hall–Kier alpha value is -1.79. The first-order chi connectivity index (χ1) is 11.6. The summed E-state index contributed by atoms with van der Waals surface area (Å²) in [4.78, 5) is 12.1. The lowest BCUT2D eigenvalue weighted by Gasteiger charge is -2.19. The van der Waals surface area contributed by atoms with Gasteiger partial charge in [0.1, 0.15) is 6.10 Å². The highest BCUT2D eigenvalue weighted by Crippen LogP contribution is 2.46. The number of methoxy groups -OCH3 is 2. The van der Waals surface area contributed by atoms with Crippen molar-refractivity contribution in [2.24, 2.45) is 5.92 Å². The number of fused-ring (bicyclic) bond motifs is 1. The van der Waals surface area contributed by atoms with Crippen molar-refractivity contribution in [3.05, 3.63) is 22.8 Å². The molecule has 0 radical (unpaired) electrons. The largest absolute Gasteiger partial charge is 0.492 e. The van der Waals surface area contributed by atoms with Gasteiger partial charge in [-0.25, -0.2) is 4.79 Å². The maximum atomic E-state index is 12.1. The van der Waals surface area contributed by atoms with E-state index >= 15 is 0 Å². The first kappa shape index (κ1) is 17.0. The monoisotopic (exact) mass is 336 g/mol. The van der Waals surface area contributed by atoms with Gasteiger partial charge in [-0.1, -0.05) is 12.8 Å². The molecule has 2 aliphatic rings. The molecule has 0 spiro atoms. The number of carbonyl (C=O) groups is 1. The lowest BCUT2D eigenvalue weighted by molar-refractivity contribution is 0.0312. The summed E-state index contributed by atoms with van der Waals surface area (Å²) in [5.74, 6) is 0.789. The molecule has 2 unspecified atom stereocenters. The van der Waals surface area contributed by atoms with Crippen LogP contribution in [0.15, 0.2) is 6.07 Å². The zero-order valence-corrected chi connectivity index (χ0v) is 14.1. The molecule has 6 nitrogen and oxygen atoms in total. The van der Waals surface area contributed by atoms with Crippen LogP contribution in [0.25, 0.3) is 0 Å². The van der Waals surface area contributed by atoms with Gasteiger partial charge in [-0.2, -0.15) is 0 Å². The number of esters is 1. The maximum Gasteiger partial charge on any atom is 0.338 e. The smallest absolute Gasteiger partial charge is 0.338 e. The summed E-state index contributed by atoms with van der Waals surface area (Å²) in [5, 5.41) is 20.3. The second kappa shape index (κ2) is 6.99. The van der Waals surface area contributed by atoms with Gasteiger partial charge in [0, 0.05) is 12.0 Å². The normalized spacial score (nSPS) is 23.2.